The largest absolute Gasteiger partial charge is 0.484 e. The highest BCUT2D eigenvalue weighted by Gasteiger charge is 2.30. The summed E-state index contributed by atoms with van der Waals surface area (Å²) in [7, 11) is -3.99. The Bertz CT molecular complexity index is 2290. The minimum absolute atomic E-state index is 0.0668. The van der Waals surface area contributed by atoms with Crippen molar-refractivity contribution >= 4 is 54.2 Å². The Morgan fingerprint density at radius 3 is 2.06 bits per heavy atom. The third-order valence-corrected chi connectivity index (χ3v) is 10.7. The van der Waals surface area contributed by atoms with Gasteiger partial charge in [0.1, 0.15) is 29.1 Å². The average molecular weight is 701 g/mol. The summed E-state index contributed by atoms with van der Waals surface area (Å²) >= 11 is 0. The smallest absolute Gasteiger partial charge is 0.407 e. The second-order valence-corrected chi connectivity index (χ2v) is 14.6. The highest BCUT2D eigenvalue weighted by molar-refractivity contribution is 7.86. The molecule has 6 aromatic rings. The van der Waals surface area contributed by atoms with E-state index < -0.39 is 16.2 Å². The van der Waals surface area contributed by atoms with Crippen LogP contribution in [0.1, 0.15) is 55.7 Å². The van der Waals surface area contributed by atoms with Gasteiger partial charge >= 0.3 is 16.2 Å². The summed E-state index contributed by atoms with van der Waals surface area (Å²) in [4.78, 5) is 12.3. The molecule has 0 bridgehead atoms. The molecule has 260 valence electrons. The van der Waals surface area contributed by atoms with E-state index in [0.717, 1.165) is 51.1 Å². The van der Waals surface area contributed by atoms with Crippen LogP contribution in [0, 0.1) is 6.92 Å². The van der Waals surface area contributed by atoms with Crippen LogP contribution >= 0.6 is 0 Å². The van der Waals surface area contributed by atoms with Gasteiger partial charge in [0.05, 0.1) is 5.56 Å². The summed E-state index contributed by atoms with van der Waals surface area (Å²) < 4.78 is 41.2. The molecule has 1 heterocycles. The lowest BCUT2D eigenvalue weighted by molar-refractivity contribution is 0.134. The molecule has 0 radical (unpaired) electrons. The normalized spacial score (nSPS) is 16.7. The number of carbonyl (C=O) groups is 1. The van der Waals surface area contributed by atoms with Crippen molar-refractivity contribution in [1.29, 1.82) is 0 Å². The molecule has 51 heavy (non-hydrogen) atoms. The fourth-order valence-electron chi connectivity index (χ4n) is 6.88. The van der Waals surface area contributed by atoms with Gasteiger partial charge in [-0.05, 0) is 83.3 Å². The van der Waals surface area contributed by atoms with Gasteiger partial charge in [-0.3, -0.25) is 4.28 Å². The number of hydrogen-bond acceptors (Lipinski definition) is 7. The van der Waals surface area contributed by atoms with Crippen LogP contribution < -0.4 is 10.1 Å². The lowest BCUT2D eigenvalue weighted by Gasteiger charge is -2.22. The number of amides is 1. The van der Waals surface area contributed by atoms with Crippen molar-refractivity contribution in [3.05, 3.63) is 132 Å². The van der Waals surface area contributed by atoms with Crippen LogP contribution in [0.15, 0.2) is 125 Å². The van der Waals surface area contributed by atoms with Crippen LogP contribution in [0.4, 0.5) is 4.79 Å². The molecule has 1 saturated carbocycles. The number of ether oxygens (including phenoxy) is 2. The molecule has 1 atom stereocenters. The van der Waals surface area contributed by atoms with E-state index in [1.165, 1.54) is 42.2 Å². The zero-order valence-electron chi connectivity index (χ0n) is 28.7. The van der Waals surface area contributed by atoms with Gasteiger partial charge in [-0.2, -0.15) is 8.42 Å². The van der Waals surface area contributed by atoms with E-state index in [0.29, 0.717) is 18.1 Å². The lowest BCUT2D eigenvalue weighted by Crippen LogP contribution is -2.36. The SMILES string of the molecule is Cc1ccc(S(=O)(=O)O/N=C2/c3c(ccc4ccccc34)OC2C)cc1.O=C(NC1CCCCC1)OCc1c2ccccc2cc2ccccc12. The van der Waals surface area contributed by atoms with Gasteiger partial charge in [0.2, 0.25) is 0 Å². The van der Waals surface area contributed by atoms with E-state index in [1.54, 1.807) is 12.1 Å². The summed E-state index contributed by atoms with van der Waals surface area (Å²) in [5.41, 5.74) is 3.28. The Hall–Kier alpha value is -5.41. The van der Waals surface area contributed by atoms with E-state index in [1.807, 2.05) is 74.5 Å². The van der Waals surface area contributed by atoms with E-state index in [4.69, 9.17) is 13.8 Å². The number of nitrogens with zero attached hydrogens (tertiary/aromatic N) is 1. The molecule has 1 aliphatic carbocycles. The van der Waals surface area contributed by atoms with Crippen molar-refractivity contribution in [2.24, 2.45) is 5.16 Å². The van der Waals surface area contributed by atoms with Gasteiger partial charge in [0.25, 0.3) is 0 Å². The number of oxime groups is 1. The minimum atomic E-state index is -3.99. The highest BCUT2D eigenvalue weighted by Crippen LogP contribution is 2.36. The number of nitrogens with one attached hydrogen (secondary N) is 1. The first-order valence-corrected chi connectivity index (χ1v) is 18.8. The second-order valence-electron chi connectivity index (χ2n) is 13.1. The number of aryl methyl sites for hydroxylation is 1. The summed E-state index contributed by atoms with van der Waals surface area (Å²) in [6.45, 7) is 3.99. The molecule has 0 saturated heterocycles. The highest BCUT2D eigenvalue weighted by atomic mass is 32.2. The van der Waals surface area contributed by atoms with Crippen molar-refractivity contribution in [3.8, 4) is 5.75 Å². The molecule has 2 aliphatic rings. The first kappa shape index (κ1) is 34.1. The summed E-state index contributed by atoms with van der Waals surface area (Å²) in [5.74, 6) is 0.672. The molecule has 1 amide bonds. The Morgan fingerprint density at radius 1 is 0.784 bits per heavy atom. The monoisotopic (exact) mass is 700 g/mol. The third kappa shape index (κ3) is 7.54. The first-order valence-electron chi connectivity index (χ1n) is 17.4. The molecular weight excluding hydrogens is 661 g/mol. The topological polar surface area (TPSA) is 103 Å². The quantitative estimate of drug-likeness (QED) is 0.137. The molecule has 1 fully saturated rings. The van der Waals surface area contributed by atoms with Crippen molar-refractivity contribution in [2.75, 3.05) is 0 Å². The lowest BCUT2D eigenvalue weighted by atomic mass is 9.96. The molecule has 1 unspecified atom stereocenters. The van der Waals surface area contributed by atoms with Gasteiger partial charge in [0.15, 0.2) is 0 Å². The molecular formula is C42H40N2O6S. The second kappa shape index (κ2) is 14.8. The standard InChI is InChI=1S/C22H23NO2.C20H17NO4S/c24-22(23-18-10-2-1-3-11-18)25-15-21-19-12-6-4-8-16(19)14-17-9-5-7-13-20(17)21;1-13-7-10-16(11-8-13)26(22,23)25-21-20-14(2)24-18-12-9-15-5-3-4-6-17(15)19(18)20/h4-9,12-14,18H,1-3,10-11,15H2,(H,23,24);3-12,14H,1-2H3/b;21-20+. The number of alkyl carbamates (subject to hydrolysis) is 1. The van der Waals surface area contributed by atoms with Crippen LogP contribution in [0.2, 0.25) is 0 Å². The molecule has 1 aliphatic heterocycles. The van der Waals surface area contributed by atoms with Gasteiger partial charge in [0, 0.05) is 11.6 Å². The van der Waals surface area contributed by atoms with Gasteiger partial charge in [-0.15, -0.1) is 0 Å². The van der Waals surface area contributed by atoms with E-state index in [-0.39, 0.29) is 17.0 Å². The Labute approximate surface area is 298 Å². The fraction of sp³-hybridized carbons (Fsp3) is 0.238. The van der Waals surface area contributed by atoms with E-state index in [9.17, 15) is 13.2 Å². The molecule has 9 heteroatoms. The molecule has 8 rings (SSSR count). The number of benzene rings is 6. The summed E-state index contributed by atoms with van der Waals surface area (Å²) in [5, 5.41) is 13.6. The van der Waals surface area contributed by atoms with Crippen molar-refractivity contribution in [2.45, 2.75) is 69.6 Å². The number of hydrogen-bond donors (Lipinski definition) is 1. The van der Waals surface area contributed by atoms with Crippen LogP contribution in [0.25, 0.3) is 32.3 Å². The van der Waals surface area contributed by atoms with Crippen LogP contribution in [0.3, 0.4) is 0 Å². The number of rotatable bonds is 6. The Morgan fingerprint density at radius 2 is 1.39 bits per heavy atom. The summed E-state index contributed by atoms with van der Waals surface area (Å²) in [6, 6.07) is 37.1. The zero-order valence-corrected chi connectivity index (χ0v) is 29.5. The fourth-order valence-corrected chi connectivity index (χ4v) is 7.61. The molecule has 1 N–H and O–H groups in total. The average Bonchev–Trinajstić information content (AvgIpc) is 3.48. The molecule has 0 spiro atoms. The molecule has 6 aromatic carbocycles. The van der Waals surface area contributed by atoms with Crippen LogP contribution in [-0.2, 0) is 25.7 Å². The zero-order chi connectivity index (χ0) is 35.4. The van der Waals surface area contributed by atoms with E-state index in [2.05, 4.69) is 40.8 Å². The minimum Gasteiger partial charge on any atom is -0.484 e. The maximum Gasteiger partial charge on any atom is 0.407 e. The Kier molecular flexibility index (Phi) is 9.90. The molecule has 0 aromatic heterocycles. The van der Waals surface area contributed by atoms with Gasteiger partial charge < -0.3 is 14.8 Å². The van der Waals surface area contributed by atoms with Crippen molar-refractivity contribution in [3.63, 3.8) is 0 Å². The van der Waals surface area contributed by atoms with Crippen molar-refractivity contribution < 1.29 is 27.0 Å². The van der Waals surface area contributed by atoms with Crippen molar-refractivity contribution in [1.82, 2.24) is 5.32 Å². The first-order chi connectivity index (χ1) is 24.8. The summed E-state index contributed by atoms with van der Waals surface area (Å²) in [6.07, 6.45) is 5.08. The molecule has 8 nitrogen and oxygen atoms in total. The Balaban J connectivity index is 0.000000159. The number of carbonyl (C=O) groups excluding carboxylic acids is 1. The van der Waals surface area contributed by atoms with Crippen LogP contribution in [-0.4, -0.2) is 32.4 Å². The van der Waals surface area contributed by atoms with Crippen LogP contribution in [0.5, 0.6) is 5.75 Å². The predicted octanol–water partition coefficient (Wildman–Crippen LogP) is 9.59. The predicted molar refractivity (Wildman–Crippen MR) is 202 cm³/mol. The van der Waals surface area contributed by atoms with Gasteiger partial charge in [-0.25, -0.2) is 4.79 Å². The number of fused-ring (bicyclic) bond motifs is 5. The maximum atomic E-state index is 12.4. The van der Waals surface area contributed by atoms with E-state index >= 15 is 0 Å². The maximum absolute atomic E-state index is 12.4. The van der Waals surface area contributed by atoms with Gasteiger partial charge in [-0.1, -0.05) is 121 Å². The third-order valence-electron chi connectivity index (χ3n) is 9.54.